The monoisotopic (exact) mass is 324 g/mol. The van der Waals surface area contributed by atoms with Crippen molar-refractivity contribution < 1.29 is 19.4 Å². The number of anilines is 1. The number of carboxylic acids is 1. The second-order valence-electron chi connectivity index (χ2n) is 6.36. The molecule has 0 aromatic heterocycles. The molecular formula is C17H28N2O4. The van der Waals surface area contributed by atoms with E-state index in [2.05, 4.69) is 17.1 Å². The van der Waals surface area contributed by atoms with E-state index >= 15 is 0 Å². The molecule has 1 rings (SSSR count). The maximum absolute atomic E-state index is 11.8. The Morgan fingerprint density at radius 3 is 1.83 bits per heavy atom. The van der Waals surface area contributed by atoms with E-state index in [9.17, 15) is 9.59 Å². The minimum Gasteiger partial charge on any atom is -0.480 e. The number of ether oxygens (including phenoxy) is 1. The van der Waals surface area contributed by atoms with Gasteiger partial charge in [0.05, 0.1) is 12.2 Å². The molecule has 0 radical (unpaired) electrons. The highest BCUT2D eigenvalue weighted by atomic mass is 16.6. The van der Waals surface area contributed by atoms with E-state index in [4.69, 9.17) is 9.84 Å². The van der Waals surface area contributed by atoms with Gasteiger partial charge in [0, 0.05) is 0 Å². The van der Waals surface area contributed by atoms with Crippen LogP contribution in [0.3, 0.4) is 0 Å². The molecule has 0 saturated heterocycles. The van der Waals surface area contributed by atoms with Crippen LogP contribution >= 0.6 is 0 Å². The summed E-state index contributed by atoms with van der Waals surface area (Å²) < 4.78 is 5.28. The fourth-order valence-electron chi connectivity index (χ4n) is 1.81. The Kier molecular flexibility index (Phi) is 7.75. The van der Waals surface area contributed by atoms with Gasteiger partial charge in [-0.25, -0.2) is 4.79 Å². The highest BCUT2D eigenvalue weighted by Crippen LogP contribution is 2.27. The first-order chi connectivity index (χ1) is 10.4. The van der Waals surface area contributed by atoms with Crippen molar-refractivity contribution in [3.8, 4) is 0 Å². The van der Waals surface area contributed by atoms with Crippen LogP contribution in [-0.4, -0.2) is 29.3 Å². The smallest absolute Gasteiger partial charge is 0.412 e. The van der Waals surface area contributed by atoms with Crippen molar-refractivity contribution in [1.82, 2.24) is 0 Å². The van der Waals surface area contributed by atoms with Gasteiger partial charge in [-0.3, -0.25) is 10.1 Å². The van der Waals surface area contributed by atoms with Gasteiger partial charge in [-0.1, -0.05) is 6.07 Å². The molecule has 0 aliphatic heterocycles. The van der Waals surface area contributed by atoms with Gasteiger partial charge in [-0.15, -0.1) is 0 Å². The van der Waals surface area contributed by atoms with Crippen molar-refractivity contribution in [2.24, 2.45) is 5.73 Å². The first-order valence-corrected chi connectivity index (χ1v) is 7.38. The number of nitrogens with one attached hydrogen (secondary N) is 1. The third-order valence-electron chi connectivity index (χ3n) is 3.17. The highest BCUT2D eigenvalue weighted by Gasteiger charge is 2.18. The topological polar surface area (TPSA) is 102 Å². The van der Waals surface area contributed by atoms with Gasteiger partial charge in [-0.2, -0.15) is 0 Å². The Morgan fingerprint density at radius 2 is 1.52 bits per heavy atom. The van der Waals surface area contributed by atoms with Crippen LogP contribution in [0, 0.1) is 27.7 Å². The number of benzene rings is 1. The number of hydrogen-bond acceptors (Lipinski definition) is 4. The summed E-state index contributed by atoms with van der Waals surface area (Å²) in [6.07, 6.45) is -0.404. The maximum Gasteiger partial charge on any atom is 0.412 e. The molecule has 0 aliphatic carbocycles. The summed E-state index contributed by atoms with van der Waals surface area (Å²) >= 11 is 0. The summed E-state index contributed by atoms with van der Waals surface area (Å²) in [4.78, 5) is 21.1. The predicted octanol–water partition coefficient (Wildman–Crippen LogP) is 3.30. The second kappa shape index (κ2) is 8.53. The van der Waals surface area contributed by atoms with Crippen LogP contribution in [0.4, 0.5) is 10.5 Å². The van der Waals surface area contributed by atoms with Gasteiger partial charge in [0.25, 0.3) is 0 Å². The van der Waals surface area contributed by atoms with Crippen molar-refractivity contribution >= 4 is 17.7 Å². The number of aliphatic carboxylic acids is 1. The lowest BCUT2D eigenvalue weighted by Gasteiger charge is -2.22. The Morgan fingerprint density at radius 1 is 1.13 bits per heavy atom. The molecule has 0 fully saturated rings. The molecule has 23 heavy (non-hydrogen) atoms. The Labute approximate surface area is 138 Å². The predicted molar refractivity (Wildman–Crippen MR) is 91.9 cm³/mol. The van der Waals surface area contributed by atoms with Crippen LogP contribution in [0.2, 0.25) is 0 Å². The lowest BCUT2D eigenvalue weighted by atomic mass is 9.99. The fraction of sp³-hybridized carbons (Fsp3) is 0.529. The van der Waals surface area contributed by atoms with Crippen LogP contribution < -0.4 is 11.1 Å². The molecule has 6 heteroatoms. The zero-order chi connectivity index (χ0) is 18.4. The Hall–Kier alpha value is -2.08. The number of hydrogen-bond donors (Lipinski definition) is 3. The Balaban J connectivity index is 0.000000841. The molecule has 0 bridgehead atoms. The fourth-order valence-corrected chi connectivity index (χ4v) is 1.81. The third kappa shape index (κ3) is 7.65. The summed E-state index contributed by atoms with van der Waals surface area (Å²) in [5.41, 5.74) is 9.47. The van der Waals surface area contributed by atoms with Gasteiger partial charge in [-0.05, 0) is 70.7 Å². The highest BCUT2D eigenvalue weighted by molar-refractivity contribution is 5.87. The molecule has 0 atom stereocenters. The van der Waals surface area contributed by atoms with E-state index < -0.39 is 17.7 Å². The lowest BCUT2D eigenvalue weighted by molar-refractivity contribution is -0.135. The zero-order valence-corrected chi connectivity index (χ0v) is 15.0. The molecule has 1 amide bonds. The largest absolute Gasteiger partial charge is 0.480 e. The van der Waals surface area contributed by atoms with Crippen LogP contribution in [-0.2, 0) is 9.53 Å². The summed E-state index contributed by atoms with van der Waals surface area (Å²) in [6, 6.07) is 2.13. The first kappa shape index (κ1) is 20.9. The van der Waals surface area contributed by atoms with Crippen LogP contribution in [0.25, 0.3) is 0 Å². The van der Waals surface area contributed by atoms with E-state index in [0.717, 1.165) is 16.8 Å². The summed E-state index contributed by atoms with van der Waals surface area (Å²) in [5.74, 6) is -0.968. The third-order valence-corrected chi connectivity index (χ3v) is 3.17. The van der Waals surface area contributed by atoms with Crippen molar-refractivity contribution in [1.29, 1.82) is 0 Å². The molecule has 4 N–H and O–H groups in total. The summed E-state index contributed by atoms with van der Waals surface area (Å²) in [6.45, 7) is 13.4. The number of rotatable bonds is 2. The molecule has 0 saturated carbocycles. The number of carbonyl (C=O) groups excluding carboxylic acids is 1. The van der Waals surface area contributed by atoms with Gasteiger partial charge in [0.15, 0.2) is 0 Å². The van der Waals surface area contributed by atoms with E-state index in [1.807, 2.05) is 48.5 Å². The standard InChI is InChI=1S/C15H23NO2.C2H5NO2/c1-9-8-10(2)12(4)13(11(9)3)16-14(17)18-15(5,6)7;3-1-2(4)5/h8H,1-7H3,(H,16,17);1,3H2,(H,4,5). The van der Waals surface area contributed by atoms with Gasteiger partial charge < -0.3 is 15.6 Å². The minimum absolute atomic E-state index is 0.278. The zero-order valence-electron chi connectivity index (χ0n) is 15.0. The molecule has 1 aromatic carbocycles. The Bertz CT molecular complexity index is 549. The molecular weight excluding hydrogens is 296 g/mol. The van der Waals surface area contributed by atoms with Crippen LogP contribution in [0.15, 0.2) is 6.07 Å². The normalized spacial score (nSPS) is 10.4. The number of carboxylic acid groups (broad SMARTS) is 1. The lowest BCUT2D eigenvalue weighted by Crippen LogP contribution is -2.27. The van der Waals surface area contributed by atoms with Gasteiger partial charge in [0.1, 0.15) is 5.60 Å². The minimum atomic E-state index is -0.968. The van der Waals surface area contributed by atoms with Gasteiger partial charge >= 0.3 is 12.1 Å². The van der Waals surface area contributed by atoms with E-state index in [1.54, 1.807) is 0 Å². The average molecular weight is 324 g/mol. The average Bonchev–Trinajstić information content (AvgIpc) is 2.40. The van der Waals surface area contributed by atoms with Crippen LogP contribution in [0.5, 0.6) is 0 Å². The molecule has 0 spiro atoms. The number of aryl methyl sites for hydroxylation is 2. The quantitative estimate of drug-likeness (QED) is 0.774. The molecule has 0 unspecified atom stereocenters. The first-order valence-electron chi connectivity index (χ1n) is 7.38. The molecule has 1 aromatic rings. The summed E-state index contributed by atoms with van der Waals surface area (Å²) in [5, 5.41) is 10.5. The SMILES string of the molecule is Cc1cc(C)c(C)c(NC(=O)OC(C)(C)C)c1C.NCC(=O)O. The molecule has 0 aliphatic rings. The van der Waals surface area contributed by atoms with Crippen molar-refractivity contribution in [2.75, 3.05) is 11.9 Å². The van der Waals surface area contributed by atoms with E-state index in [1.165, 1.54) is 11.1 Å². The van der Waals surface area contributed by atoms with Crippen molar-refractivity contribution in [3.05, 3.63) is 28.3 Å². The molecule has 6 nitrogen and oxygen atoms in total. The maximum atomic E-state index is 11.8. The summed E-state index contributed by atoms with van der Waals surface area (Å²) in [7, 11) is 0. The number of nitrogens with two attached hydrogens (primary N) is 1. The number of amides is 1. The second-order valence-corrected chi connectivity index (χ2v) is 6.36. The van der Waals surface area contributed by atoms with Crippen molar-refractivity contribution in [2.45, 2.75) is 54.1 Å². The van der Waals surface area contributed by atoms with E-state index in [0.29, 0.717) is 0 Å². The number of carbonyl (C=O) groups is 2. The van der Waals surface area contributed by atoms with Crippen LogP contribution in [0.1, 0.15) is 43.0 Å². The van der Waals surface area contributed by atoms with E-state index in [-0.39, 0.29) is 6.54 Å². The van der Waals surface area contributed by atoms with Crippen molar-refractivity contribution in [3.63, 3.8) is 0 Å². The molecule has 130 valence electrons. The molecule has 0 heterocycles. The van der Waals surface area contributed by atoms with Gasteiger partial charge in [0.2, 0.25) is 0 Å².